The molecule has 1 aliphatic heterocycles. The summed E-state index contributed by atoms with van der Waals surface area (Å²) in [6, 6.07) is 0.0901. The SMILES string of the molecule is C=NN1C=NC(/C(C=N)=C/N)=C(CC(C)C)C1C. The Morgan fingerprint density at radius 2 is 2.39 bits per heavy atom. The first kappa shape index (κ1) is 14.2. The Morgan fingerprint density at radius 1 is 1.72 bits per heavy atom. The molecule has 0 amide bonds. The predicted molar refractivity (Wildman–Crippen MR) is 76.9 cm³/mol. The van der Waals surface area contributed by atoms with Crippen molar-refractivity contribution >= 4 is 19.3 Å². The van der Waals surface area contributed by atoms with Crippen molar-refractivity contribution in [1.82, 2.24) is 5.01 Å². The summed E-state index contributed by atoms with van der Waals surface area (Å²) >= 11 is 0. The van der Waals surface area contributed by atoms with E-state index in [2.05, 4.69) is 37.6 Å². The minimum Gasteiger partial charge on any atom is -0.404 e. The molecule has 0 aliphatic carbocycles. The second kappa shape index (κ2) is 6.14. The summed E-state index contributed by atoms with van der Waals surface area (Å²) in [4.78, 5) is 4.36. The van der Waals surface area contributed by atoms with Crippen LogP contribution in [0.5, 0.6) is 0 Å². The van der Waals surface area contributed by atoms with Crippen molar-refractivity contribution in [3.8, 4) is 0 Å². The van der Waals surface area contributed by atoms with Gasteiger partial charge in [0.25, 0.3) is 0 Å². The highest BCUT2D eigenvalue weighted by Crippen LogP contribution is 2.29. The van der Waals surface area contributed by atoms with Gasteiger partial charge in [0.05, 0.1) is 11.7 Å². The lowest BCUT2D eigenvalue weighted by Crippen LogP contribution is -2.33. The molecule has 0 saturated heterocycles. The third kappa shape index (κ3) is 2.85. The standard InChI is InChI=1S/C13H21N5/c1-9(2)5-12-10(3)18(16-4)8-17-13(12)11(6-14)7-15/h6-10,14H,4-5,15H2,1-3H3/b11-7+,14-6?. The van der Waals surface area contributed by atoms with Gasteiger partial charge < -0.3 is 11.1 Å². The first-order valence-corrected chi connectivity index (χ1v) is 6.00. The molecule has 5 heteroatoms. The van der Waals surface area contributed by atoms with Crippen molar-refractivity contribution in [3.05, 3.63) is 23.0 Å². The Bertz CT molecular complexity index is 417. The van der Waals surface area contributed by atoms with Gasteiger partial charge in [-0.2, -0.15) is 5.10 Å². The molecule has 1 atom stereocenters. The zero-order chi connectivity index (χ0) is 13.7. The van der Waals surface area contributed by atoms with Crippen molar-refractivity contribution < 1.29 is 0 Å². The molecule has 1 aliphatic rings. The highest BCUT2D eigenvalue weighted by Gasteiger charge is 2.24. The van der Waals surface area contributed by atoms with E-state index in [1.807, 2.05) is 0 Å². The Kier molecular flexibility index (Phi) is 4.83. The predicted octanol–water partition coefficient (Wildman–Crippen LogP) is 2.13. The van der Waals surface area contributed by atoms with Crippen LogP contribution < -0.4 is 5.73 Å². The van der Waals surface area contributed by atoms with Gasteiger partial charge in [-0.05, 0) is 24.8 Å². The largest absolute Gasteiger partial charge is 0.404 e. The fourth-order valence-corrected chi connectivity index (χ4v) is 1.98. The van der Waals surface area contributed by atoms with Gasteiger partial charge >= 0.3 is 0 Å². The van der Waals surface area contributed by atoms with E-state index in [1.54, 1.807) is 11.3 Å². The molecule has 0 fully saturated rings. The van der Waals surface area contributed by atoms with Crippen LogP contribution in [-0.2, 0) is 0 Å². The topological polar surface area (TPSA) is 77.8 Å². The second-order valence-electron chi connectivity index (χ2n) is 4.68. The number of hydrogen-bond acceptors (Lipinski definition) is 5. The van der Waals surface area contributed by atoms with Crippen LogP contribution >= 0.6 is 0 Å². The quantitative estimate of drug-likeness (QED) is 0.730. The van der Waals surface area contributed by atoms with Crippen LogP contribution in [0.15, 0.2) is 33.1 Å². The smallest absolute Gasteiger partial charge is 0.113 e. The molecule has 98 valence electrons. The molecule has 0 aromatic heterocycles. The number of hydrogen-bond donors (Lipinski definition) is 2. The van der Waals surface area contributed by atoms with Crippen molar-refractivity contribution in [2.45, 2.75) is 33.2 Å². The first-order chi connectivity index (χ1) is 8.54. The third-order valence-corrected chi connectivity index (χ3v) is 2.91. The number of nitrogens with two attached hydrogens (primary N) is 1. The van der Waals surface area contributed by atoms with E-state index in [9.17, 15) is 0 Å². The van der Waals surface area contributed by atoms with Crippen molar-refractivity contribution in [2.24, 2.45) is 21.7 Å². The molecule has 18 heavy (non-hydrogen) atoms. The van der Waals surface area contributed by atoms with Crippen molar-refractivity contribution in [2.75, 3.05) is 0 Å². The van der Waals surface area contributed by atoms with Gasteiger partial charge in [-0.25, -0.2) is 10.0 Å². The van der Waals surface area contributed by atoms with Gasteiger partial charge in [-0.15, -0.1) is 0 Å². The maximum atomic E-state index is 7.40. The van der Waals surface area contributed by atoms with Crippen LogP contribution in [0.1, 0.15) is 27.2 Å². The number of aliphatic imine (C=N–C) groups is 1. The molecule has 5 nitrogen and oxygen atoms in total. The highest BCUT2D eigenvalue weighted by atomic mass is 15.5. The normalized spacial score (nSPS) is 20.6. The van der Waals surface area contributed by atoms with Gasteiger partial charge in [0.15, 0.2) is 0 Å². The zero-order valence-corrected chi connectivity index (χ0v) is 11.2. The molecular formula is C13H21N5. The lowest BCUT2D eigenvalue weighted by molar-refractivity contribution is 0.373. The summed E-state index contributed by atoms with van der Waals surface area (Å²) in [5.74, 6) is 0.502. The molecule has 1 rings (SSSR count). The average Bonchev–Trinajstić information content (AvgIpc) is 2.34. The monoisotopic (exact) mass is 247 g/mol. The third-order valence-electron chi connectivity index (χ3n) is 2.91. The van der Waals surface area contributed by atoms with Crippen LogP contribution in [0.2, 0.25) is 0 Å². The van der Waals surface area contributed by atoms with Gasteiger partial charge in [0.1, 0.15) is 6.34 Å². The fourth-order valence-electron chi connectivity index (χ4n) is 1.98. The van der Waals surface area contributed by atoms with Crippen LogP contribution in [-0.4, -0.2) is 30.3 Å². The summed E-state index contributed by atoms with van der Waals surface area (Å²) in [5.41, 5.74) is 8.11. The minimum absolute atomic E-state index is 0.0901. The maximum Gasteiger partial charge on any atom is 0.113 e. The lowest BCUT2D eigenvalue weighted by Gasteiger charge is -2.30. The minimum atomic E-state index is 0.0901. The summed E-state index contributed by atoms with van der Waals surface area (Å²) in [7, 11) is 0. The van der Waals surface area contributed by atoms with Crippen LogP contribution in [0.25, 0.3) is 0 Å². The van der Waals surface area contributed by atoms with Gasteiger partial charge in [-0.3, -0.25) is 0 Å². The zero-order valence-electron chi connectivity index (χ0n) is 11.2. The van der Waals surface area contributed by atoms with E-state index < -0.39 is 0 Å². The molecule has 0 aromatic carbocycles. The molecule has 0 bridgehead atoms. The molecule has 0 aromatic rings. The molecule has 3 N–H and O–H groups in total. The summed E-state index contributed by atoms with van der Waals surface area (Å²) < 4.78 is 0. The number of hydrazone groups is 1. The Labute approximate surface area is 108 Å². The first-order valence-electron chi connectivity index (χ1n) is 6.00. The van der Waals surface area contributed by atoms with E-state index >= 15 is 0 Å². The van der Waals surface area contributed by atoms with Crippen LogP contribution in [0, 0.1) is 11.3 Å². The Balaban J connectivity index is 3.24. The molecule has 1 heterocycles. The number of allylic oxidation sites excluding steroid dienone is 1. The lowest BCUT2D eigenvalue weighted by atomic mass is 9.92. The maximum absolute atomic E-state index is 7.40. The molecule has 1 unspecified atom stereocenters. The molecule has 0 spiro atoms. The van der Waals surface area contributed by atoms with Gasteiger partial charge in [0, 0.05) is 24.7 Å². The fraction of sp³-hybridized carbons (Fsp3) is 0.462. The summed E-state index contributed by atoms with van der Waals surface area (Å²) in [5, 5.41) is 13.0. The van der Waals surface area contributed by atoms with Gasteiger partial charge in [-0.1, -0.05) is 13.8 Å². The van der Waals surface area contributed by atoms with E-state index in [-0.39, 0.29) is 6.04 Å². The van der Waals surface area contributed by atoms with E-state index in [0.717, 1.165) is 17.7 Å². The van der Waals surface area contributed by atoms with Crippen LogP contribution in [0.4, 0.5) is 0 Å². The van der Waals surface area contributed by atoms with E-state index in [0.29, 0.717) is 11.5 Å². The Hall–Kier alpha value is -1.91. The van der Waals surface area contributed by atoms with Crippen LogP contribution in [0.3, 0.4) is 0 Å². The molecular weight excluding hydrogens is 226 g/mol. The van der Waals surface area contributed by atoms with E-state index in [1.165, 1.54) is 12.4 Å². The highest BCUT2D eigenvalue weighted by molar-refractivity contribution is 5.84. The summed E-state index contributed by atoms with van der Waals surface area (Å²) in [6.45, 7) is 9.89. The number of rotatable bonds is 5. The summed E-state index contributed by atoms with van der Waals surface area (Å²) in [6.07, 6.45) is 5.18. The van der Waals surface area contributed by atoms with Gasteiger partial charge in [0.2, 0.25) is 0 Å². The second-order valence-corrected chi connectivity index (χ2v) is 4.68. The Morgan fingerprint density at radius 3 is 2.83 bits per heavy atom. The van der Waals surface area contributed by atoms with E-state index in [4.69, 9.17) is 11.1 Å². The number of nitrogens with one attached hydrogen (secondary N) is 1. The molecule has 0 saturated carbocycles. The van der Waals surface area contributed by atoms with Crippen molar-refractivity contribution in [3.63, 3.8) is 0 Å². The average molecular weight is 247 g/mol. The molecule has 0 radical (unpaired) electrons. The van der Waals surface area contributed by atoms with Crippen molar-refractivity contribution in [1.29, 1.82) is 5.41 Å². The number of nitrogens with zero attached hydrogens (tertiary/aromatic N) is 3.